The summed E-state index contributed by atoms with van der Waals surface area (Å²) in [5, 5.41) is 22.7. The van der Waals surface area contributed by atoms with E-state index in [1.54, 1.807) is 6.07 Å². The number of carboxylic acids is 1. The van der Waals surface area contributed by atoms with Crippen molar-refractivity contribution in [3.63, 3.8) is 0 Å². The van der Waals surface area contributed by atoms with Crippen molar-refractivity contribution in [3.8, 4) is 11.5 Å². The van der Waals surface area contributed by atoms with Gasteiger partial charge in [-0.1, -0.05) is 32.4 Å². The largest absolute Gasteiger partial charge is 0.870 e. The van der Waals surface area contributed by atoms with Gasteiger partial charge in [-0.3, -0.25) is 0 Å². The van der Waals surface area contributed by atoms with E-state index in [2.05, 4.69) is 18.8 Å². The fourth-order valence-electron chi connectivity index (χ4n) is 2.44. The summed E-state index contributed by atoms with van der Waals surface area (Å²) in [6.45, 7) is 4.71. The first-order valence-corrected chi connectivity index (χ1v) is 8.08. The number of benzene rings is 1. The Bertz CT molecular complexity index is 697. The van der Waals surface area contributed by atoms with Gasteiger partial charge in [0.1, 0.15) is 11.4 Å². The summed E-state index contributed by atoms with van der Waals surface area (Å²) < 4.78 is 5.62. The zero-order valence-corrected chi connectivity index (χ0v) is 13.6. The molecular formula is C18H22NO4-. The van der Waals surface area contributed by atoms with Crippen molar-refractivity contribution in [2.75, 3.05) is 6.61 Å². The number of pyridine rings is 1. The van der Waals surface area contributed by atoms with Gasteiger partial charge < -0.3 is 14.9 Å². The van der Waals surface area contributed by atoms with E-state index in [0.29, 0.717) is 29.9 Å². The smallest absolute Gasteiger partial charge is 0.353 e. The molecule has 1 aromatic heterocycles. The summed E-state index contributed by atoms with van der Waals surface area (Å²) in [6, 6.07) is 5.26. The summed E-state index contributed by atoms with van der Waals surface area (Å²) in [7, 11) is 0. The Balaban J connectivity index is 2.49. The van der Waals surface area contributed by atoms with E-state index in [9.17, 15) is 15.0 Å². The van der Waals surface area contributed by atoms with Crippen molar-refractivity contribution >= 4 is 16.7 Å². The molecular weight excluding hydrogens is 294 g/mol. The summed E-state index contributed by atoms with van der Waals surface area (Å²) in [6.07, 6.45) is 4.48. The van der Waals surface area contributed by atoms with Gasteiger partial charge in [-0.05, 0) is 42.8 Å². The number of unbranched alkanes of at least 4 members (excludes halogenated alkanes) is 2. The molecule has 124 valence electrons. The number of carboxylic acid groups (broad SMARTS) is 1. The van der Waals surface area contributed by atoms with Gasteiger partial charge >= 0.3 is 5.97 Å². The number of ether oxygens (including phenoxy) is 1. The van der Waals surface area contributed by atoms with Crippen molar-refractivity contribution in [3.05, 3.63) is 29.6 Å². The molecule has 1 N–H and O–H groups in total. The quantitative estimate of drug-likeness (QED) is 0.753. The van der Waals surface area contributed by atoms with Gasteiger partial charge in [-0.15, -0.1) is 0 Å². The van der Waals surface area contributed by atoms with Gasteiger partial charge in [0.2, 0.25) is 0 Å². The molecule has 2 rings (SSSR count). The van der Waals surface area contributed by atoms with Crippen LogP contribution in [0.3, 0.4) is 0 Å². The van der Waals surface area contributed by atoms with Crippen LogP contribution >= 0.6 is 0 Å². The predicted molar refractivity (Wildman–Crippen MR) is 87.2 cm³/mol. The van der Waals surface area contributed by atoms with Gasteiger partial charge in [0.25, 0.3) is 0 Å². The van der Waals surface area contributed by atoms with Crippen LogP contribution in [0.2, 0.25) is 0 Å². The van der Waals surface area contributed by atoms with Crippen molar-refractivity contribution in [2.45, 2.75) is 46.0 Å². The molecule has 0 aliphatic rings. The molecule has 1 heterocycles. The lowest BCUT2D eigenvalue weighted by Crippen LogP contribution is -2.10. The topological polar surface area (TPSA) is 82.5 Å². The van der Waals surface area contributed by atoms with E-state index < -0.39 is 17.4 Å². The van der Waals surface area contributed by atoms with Crippen molar-refractivity contribution < 1.29 is 19.7 Å². The minimum Gasteiger partial charge on any atom is -0.870 e. The van der Waals surface area contributed by atoms with Crippen LogP contribution in [0, 0.1) is 0 Å². The molecule has 5 nitrogen and oxygen atoms in total. The molecule has 0 unspecified atom stereocenters. The first-order valence-electron chi connectivity index (χ1n) is 8.08. The second-order valence-electron chi connectivity index (χ2n) is 5.55. The summed E-state index contributed by atoms with van der Waals surface area (Å²) in [5.74, 6) is -1.24. The van der Waals surface area contributed by atoms with E-state index in [1.807, 2.05) is 12.1 Å². The molecule has 1 aromatic carbocycles. The Morgan fingerprint density at radius 2 is 1.96 bits per heavy atom. The third kappa shape index (κ3) is 3.92. The molecule has 0 fully saturated rings. The normalized spacial score (nSPS) is 10.9. The molecule has 2 aromatic rings. The molecule has 0 spiro atoms. The average molecular weight is 316 g/mol. The average Bonchev–Trinajstić information content (AvgIpc) is 2.54. The van der Waals surface area contributed by atoms with Crippen molar-refractivity contribution in [1.82, 2.24) is 4.98 Å². The van der Waals surface area contributed by atoms with Crippen LogP contribution in [-0.2, 0) is 6.42 Å². The molecule has 0 atom stereocenters. The van der Waals surface area contributed by atoms with Crippen molar-refractivity contribution in [1.29, 1.82) is 0 Å². The van der Waals surface area contributed by atoms with Crippen LogP contribution in [-0.4, -0.2) is 22.7 Å². The van der Waals surface area contributed by atoms with Gasteiger partial charge in [0, 0.05) is 11.1 Å². The first-order chi connectivity index (χ1) is 11.1. The highest BCUT2D eigenvalue weighted by Gasteiger charge is 2.14. The molecule has 5 heteroatoms. The number of aromatic nitrogens is 1. The Hall–Kier alpha value is -2.30. The van der Waals surface area contributed by atoms with Crippen LogP contribution in [0.5, 0.6) is 11.5 Å². The standard InChI is InChI=1S/C18H23NO4/c1-3-5-7-15-13-9-8-12(23-10-6-4-2)11-14(13)17(20)16(19-15)18(21)22/h8-9,11,20H,3-7,10H2,1-2H3,(H,21,22)/p-1. The zero-order chi connectivity index (χ0) is 16.8. The van der Waals surface area contributed by atoms with Crippen LogP contribution in [0.4, 0.5) is 0 Å². The summed E-state index contributed by atoms with van der Waals surface area (Å²) in [5.41, 5.74) is 0.258. The molecule has 0 bridgehead atoms. The van der Waals surface area contributed by atoms with E-state index >= 15 is 0 Å². The lowest BCUT2D eigenvalue weighted by Gasteiger charge is -2.17. The fourth-order valence-corrected chi connectivity index (χ4v) is 2.44. The third-order valence-electron chi connectivity index (χ3n) is 3.74. The van der Waals surface area contributed by atoms with E-state index in [-0.39, 0.29) is 0 Å². The Morgan fingerprint density at radius 1 is 1.22 bits per heavy atom. The number of hydrogen-bond donors (Lipinski definition) is 1. The SMILES string of the molecule is CCCCOc1ccc2c(CCCC)nc(C(=O)O)c([O-])c2c1. The minimum absolute atomic E-state index is 0.373. The molecule has 0 amide bonds. The molecule has 0 aliphatic heterocycles. The minimum atomic E-state index is -1.29. The van der Waals surface area contributed by atoms with Crippen LogP contribution in [0.15, 0.2) is 18.2 Å². The number of fused-ring (bicyclic) bond motifs is 1. The molecule has 0 saturated heterocycles. The van der Waals surface area contributed by atoms with Gasteiger partial charge in [-0.25, -0.2) is 9.78 Å². The molecule has 23 heavy (non-hydrogen) atoms. The third-order valence-corrected chi connectivity index (χ3v) is 3.74. The van der Waals surface area contributed by atoms with Gasteiger partial charge in [0.15, 0.2) is 0 Å². The first kappa shape index (κ1) is 17.1. The number of nitrogens with zero attached hydrogens (tertiary/aromatic N) is 1. The number of rotatable bonds is 8. The summed E-state index contributed by atoms with van der Waals surface area (Å²) >= 11 is 0. The monoisotopic (exact) mass is 316 g/mol. The second-order valence-corrected chi connectivity index (χ2v) is 5.55. The van der Waals surface area contributed by atoms with E-state index in [1.165, 1.54) is 0 Å². The summed E-state index contributed by atoms with van der Waals surface area (Å²) in [4.78, 5) is 15.4. The lowest BCUT2D eigenvalue weighted by atomic mass is 10.0. The predicted octanol–water partition coefficient (Wildman–Crippen LogP) is 3.53. The van der Waals surface area contributed by atoms with Crippen LogP contribution in [0.1, 0.15) is 55.7 Å². The zero-order valence-electron chi connectivity index (χ0n) is 13.6. The van der Waals surface area contributed by atoms with Gasteiger partial charge in [-0.2, -0.15) is 0 Å². The van der Waals surface area contributed by atoms with E-state index in [4.69, 9.17) is 4.74 Å². The van der Waals surface area contributed by atoms with Crippen molar-refractivity contribution in [2.24, 2.45) is 0 Å². The maximum Gasteiger partial charge on any atom is 0.353 e. The highest BCUT2D eigenvalue weighted by atomic mass is 16.5. The molecule has 0 aliphatic carbocycles. The number of hydrogen-bond acceptors (Lipinski definition) is 4. The van der Waals surface area contributed by atoms with Gasteiger partial charge in [0.05, 0.1) is 6.61 Å². The lowest BCUT2D eigenvalue weighted by molar-refractivity contribution is -0.266. The Labute approximate surface area is 135 Å². The Morgan fingerprint density at radius 3 is 2.61 bits per heavy atom. The van der Waals surface area contributed by atoms with Crippen LogP contribution < -0.4 is 9.84 Å². The number of aryl methyl sites for hydroxylation is 1. The van der Waals surface area contributed by atoms with E-state index in [0.717, 1.165) is 31.1 Å². The second kappa shape index (κ2) is 7.81. The molecule has 0 radical (unpaired) electrons. The highest BCUT2D eigenvalue weighted by Crippen LogP contribution is 2.31. The maximum atomic E-state index is 12.4. The van der Waals surface area contributed by atoms with Crippen LogP contribution in [0.25, 0.3) is 10.8 Å². The maximum absolute atomic E-state index is 12.4. The Kier molecular flexibility index (Phi) is 5.79. The number of carbonyl (C=O) groups is 1. The molecule has 0 saturated carbocycles. The fraction of sp³-hybridized carbons (Fsp3) is 0.444. The highest BCUT2D eigenvalue weighted by molar-refractivity contribution is 5.99. The number of aromatic carboxylic acids is 1.